The van der Waals surface area contributed by atoms with Gasteiger partial charge in [-0.3, -0.25) is 4.79 Å². The van der Waals surface area contributed by atoms with Gasteiger partial charge in [-0.05, 0) is 38.8 Å². The Hall–Kier alpha value is -1.35. The van der Waals surface area contributed by atoms with Gasteiger partial charge in [-0.2, -0.15) is 0 Å². The number of carbonyl (C=O) groups is 1. The third-order valence-electron chi connectivity index (χ3n) is 3.16. The minimum absolute atomic E-state index is 0.133. The van der Waals surface area contributed by atoms with Gasteiger partial charge in [0.25, 0.3) is 0 Å². The monoisotopic (exact) mass is 262 g/mol. The number of hydrogen-bond acceptors (Lipinski definition) is 2. The van der Waals surface area contributed by atoms with Gasteiger partial charge in [0.05, 0.1) is 0 Å². The Morgan fingerprint density at radius 3 is 2.47 bits per heavy atom. The maximum Gasteiger partial charge on any atom is 0.221 e. The van der Waals surface area contributed by atoms with Crippen LogP contribution in [0.5, 0.6) is 0 Å². The van der Waals surface area contributed by atoms with Crippen LogP contribution in [0.1, 0.15) is 39.2 Å². The van der Waals surface area contributed by atoms with Crippen molar-refractivity contribution >= 4 is 5.91 Å². The van der Waals surface area contributed by atoms with Crippen LogP contribution in [0.3, 0.4) is 0 Å². The zero-order chi connectivity index (χ0) is 14.1. The molecule has 0 aliphatic heterocycles. The van der Waals surface area contributed by atoms with E-state index in [1.54, 1.807) is 0 Å². The quantitative estimate of drug-likeness (QED) is 0.756. The molecule has 19 heavy (non-hydrogen) atoms. The average molecular weight is 262 g/mol. The third-order valence-corrected chi connectivity index (χ3v) is 3.16. The molecule has 2 N–H and O–H groups in total. The van der Waals surface area contributed by atoms with Gasteiger partial charge in [0.2, 0.25) is 5.91 Å². The lowest BCUT2D eigenvalue weighted by Crippen LogP contribution is -2.37. The van der Waals surface area contributed by atoms with Crippen molar-refractivity contribution in [1.29, 1.82) is 0 Å². The van der Waals surface area contributed by atoms with Gasteiger partial charge < -0.3 is 10.6 Å². The average Bonchev–Trinajstić information content (AvgIpc) is 2.37. The predicted octanol–water partition coefficient (Wildman–Crippen LogP) is 2.51. The van der Waals surface area contributed by atoms with E-state index in [1.165, 1.54) is 5.56 Å². The summed E-state index contributed by atoms with van der Waals surface area (Å²) < 4.78 is 0. The smallest absolute Gasteiger partial charge is 0.221 e. The largest absolute Gasteiger partial charge is 0.354 e. The van der Waals surface area contributed by atoms with Crippen LogP contribution in [0.15, 0.2) is 30.3 Å². The van der Waals surface area contributed by atoms with Gasteiger partial charge in [0.1, 0.15) is 0 Å². The lowest BCUT2D eigenvalue weighted by Gasteiger charge is -2.16. The van der Waals surface area contributed by atoms with E-state index in [-0.39, 0.29) is 18.0 Å². The Balaban J connectivity index is 2.23. The molecule has 0 saturated carbocycles. The molecular weight excluding hydrogens is 236 g/mol. The molecule has 0 bridgehead atoms. The van der Waals surface area contributed by atoms with Crippen molar-refractivity contribution in [2.75, 3.05) is 6.54 Å². The van der Waals surface area contributed by atoms with Crippen LogP contribution in [0.2, 0.25) is 0 Å². The first kappa shape index (κ1) is 15.7. The van der Waals surface area contributed by atoms with Crippen molar-refractivity contribution in [3.8, 4) is 0 Å². The van der Waals surface area contributed by atoms with E-state index < -0.39 is 0 Å². The molecule has 0 fully saturated rings. The molecule has 106 valence electrons. The van der Waals surface area contributed by atoms with E-state index in [1.807, 2.05) is 13.0 Å². The van der Waals surface area contributed by atoms with E-state index in [9.17, 15) is 4.79 Å². The molecule has 2 atom stereocenters. The summed E-state index contributed by atoms with van der Waals surface area (Å²) in [4.78, 5) is 11.8. The lowest BCUT2D eigenvalue weighted by atomic mass is 10.1. The highest BCUT2D eigenvalue weighted by atomic mass is 16.1. The van der Waals surface area contributed by atoms with Crippen LogP contribution in [0.25, 0.3) is 0 Å². The number of hydrogen-bond donors (Lipinski definition) is 2. The standard InChI is InChI=1S/C16H26N2O/c1-4-17-14(3)12-16(19)18-13(2)10-11-15-8-6-5-7-9-15/h5-9,13-14,17H,4,10-12H2,1-3H3,(H,18,19). The molecule has 0 spiro atoms. The summed E-state index contributed by atoms with van der Waals surface area (Å²) in [5.41, 5.74) is 1.32. The Kier molecular flexibility index (Phi) is 7.19. The molecule has 1 aromatic carbocycles. The SMILES string of the molecule is CCNC(C)CC(=O)NC(C)CCc1ccccc1. The lowest BCUT2D eigenvalue weighted by molar-refractivity contribution is -0.122. The molecule has 3 nitrogen and oxygen atoms in total. The minimum atomic E-state index is 0.133. The number of aryl methyl sites for hydroxylation is 1. The molecule has 1 amide bonds. The molecule has 0 heterocycles. The van der Waals surface area contributed by atoms with Crippen LogP contribution < -0.4 is 10.6 Å². The van der Waals surface area contributed by atoms with Crippen molar-refractivity contribution in [2.45, 2.75) is 52.1 Å². The van der Waals surface area contributed by atoms with Crippen LogP contribution in [-0.4, -0.2) is 24.5 Å². The second-order valence-electron chi connectivity index (χ2n) is 5.16. The Labute approximate surface area is 116 Å². The first-order chi connectivity index (χ1) is 9.11. The summed E-state index contributed by atoms with van der Waals surface area (Å²) in [7, 11) is 0. The van der Waals surface area contributed by atoms with E-state index in [0.717, 1.165) is 19.4 Å². The molecule has 0 aliphatic carbocycles. The maximum atomic E-state index is 11.8. The Bertz CT molecular complexity index is 364. The topological polar surface area (TPSA) is 41.1 Å². The van der Waals surface area contributed by atoms with Crippen molar-refractivity contribution < 1.29 is 4.79 Å². The molecule has 0 aromatic heterocycles. The fraction of sp³-hybridized carbons (Fsp3) is 0.562. The normalized spacial score (nSPS) is 13.8. The molecule has 1 aromatic rings. The molecule has 3 heteroatoms. The van der Waals surface area contributed by atoms with Crippen LogP contribution >= 0.6 is 0 Å². The summed E-state index contributed by atoms with van der Waals surface area (Å²) in [5.74, 6) is 0.133. The van der Waals surface area contributed by atoms with Gasteiger partial charge in [-0.1, -0.05) is 37.3 Å². The van der Waals surface area contributed by atoms with Crippen LogP contribution in [0.4, 0.5) is 0 Å². The first-order valence-corrected chi connectivity index (χ1v) is 7.18. The van der Waals surface area contributed by atoms with Gasteiger partial charge in [-0.15, -0.1) is 0 Å². The Morgan fingerprint density at radius 2 is 1.84 bits per heavy atom. The zero-order valence-corrected chi connectivity index (χ0v) is 12.3. The summed E-state index contributed by atoms with van der Waals surface area (Å²) in [6.45, 7) is 7.06. The molecular formula is C16H26N2O. The second kappa shape index (κ2) is 8.70. The minimum Gasteiger partial charge on any atom is -0.354 e. The molecule has 1 rings (SSSR count). The van der Waals surface area contributed by atoms with Crippen molar-refractivity contribution in [2.24, 2.45) is 0 Å². The molecule has 2 unspecified atom stereocenters. The highest BCUT2D eigenvalue weighted by molar-refractivity contribution is 5.76. The zero-order valence-electron chi connectivity index (χ0n) is 12.3. The summed E-state index contributed by atoms with van der Waals surface area (Å²) in [6.07, 6.45) is 2.53. The van der Waals surface area contributed by atoms with E-state index in [2.05, 4.69) is 48.7 Å². The summed E-state index contributed by atoms with van der Waals surface area (Å²) >= 11 is 0. The van der Waals surface area contributed by atoms with E-state index in [4.69, 9.17) is 0 Å². The highest BCUT2D eigenvalue weighted by Gasteiger charge is 2.10. The number of benzene rings is 1. The second-order valence-corrected chi connectivity index (χ2v) is 5.16. The number of carbonyl (C=O) groups excluding carboxylic acids is 1. The summed E-state index contributed by atoms with van der Waals surface area (Å²) in [6, 6.07) is 10.8. The van der Waals surface area contributed by atoms with Gasteiger partial charge >= 0.3 is 0 Å². The maximum absolute atomic E-state index is 11.8. The molecule has 0 saturated heterocycles. The molecule has 0 radical (unpaired) electrons. The number of rotatable bonds is 8. The van der Waals surface area contributed by atoms with Gasteiger partial charge in [0.15, 0.2) is 0 Å². The molecule has 0 aliphatic rings. The van der Waals surface area contributed by atoms with Crippen LogP contribution in [-0.2, 0) is 11.2 Å². The first-order valence-electron chi connectivity index (χ1n) is 7.18. The van der Waals surface area contributed by atoms with E-state index >= 15 is 0 Å². The van der Waals surface area contributed by atoms with Crippen molar-refractivity contribution in [3.63, 3.8) is 0 Å². The fourth-order valence-electron chi connectivity index (χ4n) is 2.13. The third kappa shape index (κ3) is 6.97. The van der Waals surface area contributed by atoms with Crippen molar-refractivity contribution in [3.05, 3.63) is 35.9 Å². The van der Waals surface area contributed by atoms with Gasteiger partial charge in [0, 0.05) is 18.5 Å². The fourth-order valence-corrected chi connectivity index (χ4v) is 2.13. The van der Waals surface area contributed by atoms with Crippen LogP contribution in [0, 0.1) is 0 Å². The highest BCUT2D eigenvalue weighted by Crippen LogP contribution is 2.05. The Morgan fingerprint density at radius 1 is 1.16 bits per heavy atom. The van der Waals surface area contributed by atoms with Gasteiger partial charge in [-0.25, -0.2) is 0 Å². The summed E-state index contributed by atoms with van der Waals surface area (Å²) in [5, 5.41) is 6.31. The number of amides is 1. The van der Waals surface area contributed by atoms with Crippen molar-refractivity contribution in [1.82, 2.24) is 10.6 Å². The predicted molar refractivity (Wildman–Crippen MR) is 80.1 cm³/mol. The number of nitrogens with one attached hydrogen (secondary N) is 2. The van der Waals surface area contributed by atoms with E-state index in [0.29, 0.717) is 6.42 Å².